The molecular weight excluding hydrogens is 455 g/mol. The van der Waals surface area contributed by atoms with Gasteiger partial charge in [0.05, 0.1) is 5.02 Å². The minimum atomic E-state index is -0.408. The van der Waals surface area contributed by atoms with Crippen LogP contribution in [0.25, 0.3) is 6.08 Å². The van der Waals surface area contributed by atoms with Gasteiger partial charge < -0.3 is 15.4 Å². The molecule has 1 fully saturated rings. The van der Waals surface area contributed by atoms with E-state index in [1.54, 1.807) is 42.6 Å². The van der Waals surface area contributed by atoms with E-state index in [0.717, 1.165) is 19.3 Å². The van der Waals surface area contributed by atoms with E-state index in [0.29, 0.717) is 46.7 Å². The van der Waals surface area contributed by atoms with E-state index in [1.165, 1.54) is 6.08 Å². The fourth-order valence-corrected chi connectivity index (χ4v) is 3.24. The summed E-state index contributed by atoms with van der Waals surface area (Å²) < 4.78 is 5.38. The first kappa shape index (κ1) is 24.0. The van der Waals surface area contributed by atoms with Gasteiger partial charge in [-0.3, -0.25) is 9.59 Å². The minimum absolute atomic E-state index is 0.194. The average molecular weight is 479 g/mol. The van der Waals surface area contributed by atoms with Gasteiger partial charge in [-0.05, 0) is 54.8 Å². The van der Waals surface area contributed by atoms with Crippen LogP contribution in [0.15, 0.2) is 42.6 Å². The van der Waals surface area contributed by atoms with Crippen LogP contribution in [-0.2, 0) is 14.4 Å². The summed E-state index contributed by atoms with van der Waals surface area (Å²) in [6.45, 7) is 1.45. The van der Waals surface area contributed by atoms with Gasteiger partial charge in [0.25, 0.3) is 11.8 Å². The molecule has 0 saturated carbocycles. The Morgan fingerprint density at radius 1 is 1.19 bits per heavy atom. The Labute approximate surface area is 196 Å². The van der Waals surface area contributed by atoms with Crippen molar-refractivity contribution in [2.24, 2.45) is 0 Å². The molecule has 170 valence electrons. The summed E-state index contributed by atoms with van der Waals surface area (Å²) in [5.41, 5.74) is 3.53. The van der Waals surface area contributed by atoms with Crippen molar-refractivity contribution in [2.75, 3.05) is 25.0 Å². The first-order valence-corrected chi connectivity index (χ1v) is 11.0. The topological polar surface area (TPSA) is 102 Å². The van der Waals surface area contributed by atoms with Crippen molar-refractivity contribution in [1.29, 1.82) is 0 Å². The maximum Gasteiger partial charge on any atom is 0.267 e. The van der Waals surface area contributed by atoms with Crippen LogP contribution < -0.4 is 16.1 Å². The molecule has 0 bridgehead atoms. The number of hydrogen-bond acceptors (Lipinski definition) is 6. The number of nitrogens with zero attached hydrogens (tertiary/aromatic N) is 1. The molecule has 1 aromatic heterocycles. The lowest BCUT2D eigenvalue weighted by molar-refractivity contribution is -0.198. The molecule has 1 aromatic carbocycles. The van der Waals surface area contributed by atoms with Gasteiger partial charge in [0.1, 0.15) is 5.82 Å². The second kappa shape index (κ2) is 12.4. The van der Waals surface area contributed by atoms with Crippen LogP contribution in [0.1, 0.15) is 35.2 Å². The Hall–Kier alpha value is -2.65. The Morgan fingerprint density at radius 2 is 2.00 bits per heavy atom. The van der Waals surface area contributed by atoms with Gasteiger partial charge in [-0.15, -0.1) is 0 Å². The molecule has 0 spiro atoms. The van der Waals surface area contributed by atoms with Crippen LogP contribution in [0.3, 0.4) is 0 Å². The monoisotopic (exact) mass is 478 g/mol. The number of amides is 2. The molecule has 3 rings (SSSR count). The molecule has 2 heterocycles. The second-order valence-corrected chi connectivity index (χ2v) is 7.85. The molecule has 1 atom stereocenters. The summed E-state index contributed by atoms with van der Waals surface area (Å²) in [4.78, 5) is 33.4. The van der Waals surface area contributed by atoms with Crippen molar-refractivity contribution < 1.29 is 19.2 Å². The number of halogens is 2. The van der Waals surface area contributed by atoms with Gasteiger partial charge >= 0.3 is 0 Å². The molecule has 1 saturated heterocycles. The lowest BCUT2D eigenvalue weighted by Gasteiger charge is -2.21. The number of carbonyl (C=O) groups excluding carboxylic acids is 2. The largest absolute Gasteiger partial charge is 0.367 e. The first-order chi connectivity index (χ1) is 15.5. The molecule has 32 heavy (non-hydrogen) atoms. The molecular formula is C22H24Cl2N4O4. The summed E-state index contributed by atoms with van der Waals surface area (Å²) in [5, 5.41) is 6.82. The molecule has 2 amide bonds. The van der Waals surface area contributed by atoms with Crippen molar-refractivity contribution in [1.82, 2.24) is 15.8 Å². The van der Waals surface area contributed by atoms with E-state index >= 15 is 0 Å². The zero-order chi connectivity index (χ0) is 22.8. The summed E-state index contributed by atoms with van der Waals surface area (Å²) in [7, 11) is 0. The Bertz CT molecular complexity index is 947. The molecule has 1 aliphatic heterocycles. The number of nitrogens with one attached hydrogen (secondary N) is 3. The number of aromatic nitrogens is 1. The van der Waals surface area contributed by atoms with Gasteiger partial charge in [-0.2, -0.15) is 0 Å². The molecule has 1 aliphatic rings. The number of ether oxygens (including phenoxy) is 1. The maximum atomic E-state index is 12.1. The van der Waals surface area contributed by atoms with Crippen LogP contribution in [-0.4, -0.2) is 42.8 Å². The van der Waals surface area contributed by atoms with Crippen molar-refractivity contribution >= 4 is 46.9 Å². The maximum absolute atomic E-state index is 12.1. The van der Waals surface area contributed by atoms with Crippen LogP contribution in [0.4, 0.5) is 5.82 Å². The lowest BCUT2D eigenvalue weighted by Crippen LogP contribution is -2.32. The smallest absolute Gasteiger partial charge is 0.267 e. The van der Waals surface area contributed by atoms with Crippen molar-refractivity contribution in [3.05, 3.63) is 63.8 Å². The number of hydrogen-bond donors (Lipinski definition) is 3. The number of rotatable bonds is 9. The van der Waals surface area contributed by atoms with Gasteiger partial charge in [0.2, 0.25) is 0 Å². The fraction of sp³-hybridized carbons (Fsp3) is 0.318. The molecule has 2 aromatic rings. The van der Waals surface area contributed by atoms with E-state index in [-0.39, 0.29) is 5.91 Å². The SMILES string of the molecule is O=C(/C=C/c1cnc(NCCNC(=O)c2ccc(Cl)cc2)c(Cl)c1)NOC1CCCCO1. The average Bonchev–Trinajstić information content (AvgIpc) is 2.81. The zero-order valence-corrected chi connectivity index (χ0v) is 18.8. The molecule has 3 N–H and O–H groups in total. The van der Waals surface area contributed by atoms with Crippen molar-refractivity contribution in [2.45, 2.75) is 25.6 Å². The highest BCUT2D eigenvalue weighted by molar-refractivity contribution is 6.33. The van der Waals surface area contributed by atoms with E-state index in [1.807, 2.05) is 0 Å². The number of hydroxylamine groups is 1. The van der Waals surface area contributed by atoms with E-state index < -0.39 is 12.2 Å². The van der Waals surface area contributed by atoms with Crippen molar-refractivity contribution in [3.8, 4) is 0 Å². The van der Waals surface area contributed by atoms with Gasteiger partial charge in [0.15, 0.2) is 6.29 Å². The third-order valence-electron chi connectivity index (χ3n) is 4.53. The fourth-order valence-electron chi connectivity index (χ4n) is 2.87. The summed E-state index contributed by atoms with van der Waals surface area (Å²) >= 11 is 12.1. The lowest BCUT2D eigenvalue weighted by atomic mass is 10.2. The van der Waals surface area contributed by atoms with Crippen LogP contribution >= 0.6 is 23.2 Å². The third-order valence-corrected chi connectivity index (χ3v) is 5.07. The second-order valence-electron chi connectivity index (χ2n) is 7.00. The highest BCUT2D eigenvalue weighted by Crippen LogP contribution is 2.20. The molecule has 0 aliphatic carbocycles. The highest BCUT2D eigenvalue weighted by atomic mass is 35.5. The number of pyridine rings is 1. The standard InChI is InChI=1S/C22H24Cl2N4O4/c23-17-7-5-16(6-8-17)22(30)26-11-10-25-21-18(24)13-15(14-27-21)4-9-19(29)28-32-20-3-1-2-12-31-20/h4-9,13-14,20H,1-3,10-12H2,(H,25,27)(H,26,30)(H,28,29)/b9-4+. The highest BCUT2D eigenvalue weighted by Gasteiger charge is 2.15. The molecule has 0 radical (unpaired) electrons. The Kier molecular flexibility index (Phi) is 9.30. The summed E-state index contributed by atoms with van der Waals surface area (Å²) in [6, 6.07) is 8.32. The van der Waals surface area contributed by atoms with E-state index in [9.17, 15) is 9.59 Å². The number of benzene rings is 1. The molecule has 8 nitrogen and oxygen atoms in total. The van der Waals surface area contributed by atoms with E-state index in [2.05, 4.69) is 21.1 Å². The first-order valence-electron chi connectivity index (χ1n) is 10.2. The molecule has 1 unspecified atom stereocenters. The van der Waals surface area contributed by atoms with Crippen molar-refractivity contribution in [3.63, 3.8) is 0 Å². The predicted octanol–water partition coefficient (Wildman–Crippen LogP) is 3.82. The third kappa shape index (κ3) is 7.80. The van der Waals surface area contributed by atoms with Crippen LogP contribution in [0, 0.1) is 0 Å². The minimum Gasteiger partial charge on any atom is -0.367 e. The van der Waals surface area contributed by atoms with Crippen LogP contribution in [0.2, 0.25) is 10.0 Å². The van der Waals surface area contributed by atoms with Gasteiger partial charge in [-0.25, -0.2) is 15.3 Å². The predicted molar refractivity (Wildman–Crippen MR) is 123 cm³/mol. The quantitative estimate of drug-likeness (QED) is 0.287. The zero-order valence-electron chi connectivity index (χ0n) is 17.3. The van der Waals surface area contributed by atoms with Gasteiger partial charge in [-0.1, -0.05) is 23.2 Å². The Morgan fingerprint density at radius 3 is 2.72 bits per heavy atom. The Balaban J connectivity index is 1.40. The number of carbonyl (C=O) groups is 2. The number of anilines is 1. The van der Waals surface area contributed by atoms with Gasteiger partial charge in [0, 0.05) is 49.0 Å². The van der Waals surface area contributed by atoms with E-state index in [4.69, 9.17) is 32.8 Å². The summed E-state index contributed by atoms with van der Waals surface area (Å²) in [5.74, 6) is -0.124. The molecule has 10 heteroatoms. The normalized spacial score (nSPS) is 16.0. The van der Waals surface area contributed by atoms with Crippen LogP contribution in [0.5, 0.6) is 0 Å². The summed E-state index contributed by atoms with van der Waals surface area (Å²) in [6.07, 6.45) is 6.85.